The van der Waals surface area contributed by atoms with Gasteiger partial charge in [0.25, 0.3) is 5.91 Å². The summed E-state index contributed by atoms with van der Waals surface area (Å²) in [7, 11) is 0.297. The lowest BCUT2D eigenvalue weighted by atomic mass is 9.70. The summed E-state index contributed by atoms with van der Waals surface area (Å²) >= 11 is 6.44. The maximum absolute atomic E-state index is 13.3. The Bertz CT molecular complexity index is 1530. The van der Waals surface area contributed by atoms with Crippen molar-refractivity contribution in [2.24, 2.45) is 17.8 Å². The molecule has 7 nitrogen and oxygen atoms in total. The van der Waals surface area contributed by atoms with Gasteiger partial charge < -0.3 is 14.4 Å². The highest BCUT2D eigenvalue weighted by Crippen LogP contribution is 2.43. The van der Waals surface area contributed by atoms with Crippen LogP contribution < -0.4 is 14.4 Å². The number of carbonyl (C=O) groups excluding carboxylic acids is 1. The first-order valence-electron chi connectivity index (χ1n) is 17.3. The van der Waals surface area contributed by atoms with Gasteiger partial charge in [0, 0.05) is 49.1 Å². The maximum Gasteiger partial charge on any atom is 0.263 e. The Hall–Kier alpha value is -3.20. The standard InChI is InChI=1S/C34H45ClN2O4S.C5H5N/c1-5-6-9-24-17-28(35)13-15-29(24)27-20-37-19-26-11-14-30(26)32(40-4)10-7-8-22(2)23(3)42(39)36-34(38)25-12-16-33(41-21-27)31(37)18-25;1-2-4-6-5-3-1/h7,10,12-13,15-18,22-23,26-27,30,32H,5-6,8-9,11,14,19-21H2,1-4H3,(H,36,38);1-5H/b10-7+;. The van der Waals surface area contributed by atoms with Gasteiger partial charge in [-0.15, -0.1) is 0 Å². The second-order valence-corrected chi connectivity index (χ2v) is 15.3. The van der Waals surface area contributed by atoms with Crippen LogP contribution in [0.15, 0.2) is 79.1 Å². The minimum absolute atomic E-state index is 0.0473. The Morgan fingerprint density at radius 2 is 1.90 bits per heavy atom. The number of allylic oxidation sites excluding steroid dienone is 1. The zero-order valence-electron chi connectivity index (χ0n) is 28.6. The van der Waals surface area contributed by atoms with E-state index in [1.165, 1.54) is 11.1 Å². The normalized spacial score (nSPS) is 27.9. The minimum Gasteiger partial charge on any atom is -0.491 e. The van der Waals surface area contributed by atoms with Crippen molar-refractivity contribution in [2.45, 2.75) is 76.6 Å². The van der Waals surface area contributed by atoms with Crippen LogP contribution >= 0.6 is 11.6 Å². The first-order chi connectivity index (χ1) is 23.3. The smallest absolute Gasteiger partial charge is 0.263 e. The van der Waals surface area contributed by atoms with Crippen molar-refractivity contribution in [1.29, 1.82) is 0 Å². The van der Waals surface area contributed by atoms with E-state index >= 15 is 0 Å². The molecule has 1 N–H and O–H groups in total. The van der Waals surface area contributed by atoms with Crippen LogP contribution in [0.5, 0.6) is 5.75 Å². The number of hydrogen-bond donors (Lipinski definition) is 1. The molecule has 7 unspecified atom stereocenters. The Kier molecular flexibility index (Phi) is 13.1. The number of benzene rings is 2. The molecule has 0 saturated heterocycles. The van der Waals surface area contributed by atoms with Crippen molar-refractivity contribution < 1.29 is 18.5 Å². The van der Waals surface area contributed by atoms with Crippen LogP contribution in [-0.4, -0.2) is 53.3 Å². The molecule has 1 saturated carbocycles. The van der Waals surface area contributed by atoms with E-state index in [4.69, 9.17) is 21.1 Å². The Morgan fingerprint density at radius 3 is 2.56 bits per heavy atom. The molecule has 3 heterocycles. The van der Waals surface area contributed by atoms with E-state index in [0.717, 1.165) is 68.1 Å². The average molecular weight is 692 g/mol. The topological polar surface area (TPSA) is 80.8 Å². The first kappa shape index (κ1) is 36.1. The van der Waals surface area contributed by atoms with Crippen LogP contribution in [0.3, 0.4) is 0 Å². The third kappa shape index (κ3) is 9.07. The molecule has 1 fully saturated rings. The molecule has 258 valence electrons. The zero-order chi connectivity index (χ0) is 34.0. The van der Waals surface area contributed by atoms with Crippen LogP contribution in [0.4, 0.5) is 5.69 Å². The van der Waals surface area contributed by atoms with Crippen LogP contribution in [-0.2, 0) is 22.1 Å². The lowest BCUT2D eigenvalue weighted by Gasteiger charge is -2.43. The average Bonchev–Trinajstić information content (AvgIpc) is 3.27. The third-order valence-corrected chi connectivity index (χ3v) is 11.9. The molecule has 0 radical (unpaired) electrons. The largest absolute Gasteiger partial charge is 0.491 e. The number of fused-ring (bicyclic) bond motifs is 2. The number of hydrogen-bond acceptors (Lipinski definition) is 6. The fourth-order valence-corrected chi connectivity index (χ4v) is 8.09. The molecular weight excluding hydrogens is 642 g/mol. The van der Waals surface area contributed by atoms with Crippen molar-refractivity contribution in [3.05, 3.63) is 101 Å². The number of ether oxygens (including phenoxy) is 2. The molecule has 3 aromatic rings. The zero-order valence-corrected chi connectivity index (χ0v) is 30.2. The molecule has 0 spiro atoms. The van der Waals surface area contributed by atoms with E-state index in [-0.39, 0.29) is 29.1 Å². The molecule has 3 aliphatic rings. The molecular formula is C39H50ClN3O4S. The lowest BCUT2D eigenvalue weighted by molar-refractivity contribution is 0.0134. The lowest BCUT2D eigenvalue weighted by Crippen LogP contribution is -2.44. The molecule has 6 rings (SSSR count). The second-order valence-electron chi connectivity index (χ2n) is 13.3. The maximum atomic E-state index is 13.3. The van der Waals surface area contributed by atoms with E-state index in [0.29, 0.717) is 24.0 Å². The summed E-state index contributed by atoms with van der Waals surface area (Å²) in [5, 5.41) is 0.576. The number of anilines is 1. The number of carbonyl (C=O) groups is 1. The van der Waals surface area contributed by atoms with Gasteiger partial charge in [-0.3, -0.25) is 14.5 Å². The highest BCUT2D eigenvalue weighted by atomic mass is 35.5. The summed E-state index contributed by atoms with van der Waals surface area (Å²) in [6.45, 7) is 8.41. The van der Waals surface area contributed by atoms with Crippen LogP contribution in [0.1, 0.15) is 80.3 Å². The van der Waals surface area contributed by atoms with Gasteiger partial charge in [-0.1, -0.05) is 56.2 Å². The fourth-order valence-electron chi connectivity index (χ4n) is 6.87. The SMILES string of the molecule is CCCCc1cc(Cl)ccc1C1COc2ccc3cc2N(C1)CC1CCC1C(OC)/C=C/CC(C)C(C)S(=O)NC3=O.c1ccncc1. The number of methoxy groups -OCH3 is 1. The molecule has 2 aromatic carbocycles. The molecule has 1 aromatic heterocycles. The number of amides is 1. The molecule has 7 atom stereocenters. The number of aromatic nitrogens is 1. The third-order valence-electron chi connectivity index (χ3n) is 10.1. The quantitative estimate of drug-likeness (QED) is 0.272. The van der Waals surface area contributed by atoms with Gasteiger partial charge in [-0.05, 0) is 110 Å². The van der Waals surface area contributed by atoms with Gasteiger partial charge in [0.2, 0.25) is 0 Å². The Morgan fingerprint density at radius 1 is 1.08 bits per heavy atom. The Labute approximate surface area is 294 Å². The predicted octanol–water partition coefficient (Wildman–Crippen LogP) is 8.17. The number of halogens is 1. The van der Waals surface area contributed by atoms with Crippen molar-refractivity contribution in [3.63, 3.8) is 0 Å². The minimum atomic E-state index is -1.50. The van der Waals surface area contributed by atoms with E-state index in [9.17, 15) is 9.00 Å². The number of unbranched alkanes of at least 4 members (excludes halogenated alkanes) is 1. The number of aryl methyl sites for hydroxylation is 1. The highest BCUT2D eigenvalue weighted by Gasteiger charge is 2.39. The molecule has 1 aliphatic carbocycles. The van der Waals surface area contributed by atoms with Gasteiger partial charge in [0.15, 0.2) is 0 Å². The molecule has 2 aliphatic heterocycles. The summed E-state index contributed by atoms with van der Waals surface area (Å²) in [5.74, 6) is 1.64. The molecule has 48 heavy (non-hydrogen) atoms. The van der Waals surface area contributed by atoms with E-state index < -0.39 is 11.0 Å². The number of nitrogens with one attached hydrogen (secondary N) is 1. The predicted molar refractivity (Wildman–Crippen MR) is 196 cm³/mol. The molecule has 2 bridgehead atoms. The van der Waals surface area contributed by atoms with Crippen molar-refractivity contribution in [2.75, 3.05) is 31.7 Å². The first-order valence-corrected chi connectivity index (χ1v) is 18.9. The van der Waals surface area contributed by atoms with Crippen LogP contribution in [0.25, 0.3) is 0 Å². The van der Waals surface area contributed by atoms with E-state index in [1.54, 1.807) is 25.6 Å². The van der Waals surface area contributed by atoms with Gasteiger partial charge >= 0.3 is 0 Å². The fraction of sp³-hybridized carbons (Fsp3) is 0.487. The van der Waals surface area contributed by atoms with Crippen molar-refractivity contribution >= 4 is 34.2 Å². The number of rotatable bonds is 5. The molecule has 9 heteroatoms. The summed E-state index contributed by atoms with van der Waals surface area (Å²) in [5.41, 5.74) is 3.99. The van der Waals surface area contributed by atoms with Gasteiger partial charge in [-0.25, -0.2) is 4.21 Å². The highest BCUT2D eigenvalue weighted by molar-refractivity contribution is 7.84. The summed E-state index contributed by atoms with van der Waals surface area (Å²) in [6.07, 6.45) is 14.2. The van der Waals surface area contributed by atoms with Crippen LogP contribution in [0.2, 0.25) is 5.02 Å². The monoisotopic (exact) mass is 691 g/mol. The summed E-state index contributed by atoms with van der Waals surface area (Å²) in [4.78, 5) is 19.5. The van der Waals surface area contributed by atoms with Crippen LogP contribution in [0, 0.1) is 17.8 Å². The van der Waals surface area contributed by atoms with E-state index in [1.807, 2.05) is 43.3 Å². The number of pyridine rings is 1. The summed E-state index contributed by atoms with van der Waals surface area (Å²) in [6, 6.07) is 17.6. The van der Waals surface area contributed by atoms with E-state index in [2.05, 4.69) is 52.7 Å². The van der Waals surface area contributed by atoms with Gasteiger partial charge in [0.1, 0.15) is 16.7 Å². The number of nitrogens with zero attached hydrogens (tertiary/aromatic N) is 2. The van der Waals surface area contributed by atoms with Crippen molar-refractivity contribution in [3.8, 4) is 5.75 Å². The van der Waals surface area contributed by atoms with Gasteiger partial charge in [-0.2, -0.15) is 0 Å². The Balaban J connectivity index is 0.000000677. The summed E-state index contributed by atoms with van der Waals surface area (Å²) < 4.78 is 28.4. The van der Waals surface area contributed by atoms with Crippen molar-refractivity contribution in [1.82, 2.24) is 9.71 Å². The second kappa shape index (κ2) is 17.5. The van der Waals surface area contributed by atoms with Gasteiger partial charge in [0.05, 0.1) is 23.6 Å². The molecule has 1 amide bonds.